The van der Waals surface area contributed by atoms with Crippen molar-refractivity contribution < 1.29 is 42.9 Å². The van der Waals surface area contributed by atoms with Gasteiger partial charge in [-0.1, -0.05) is 0 Å². The van der Waals surface area contributed by atoms with Gasteiger partial charge >= 0.3 is 17.9 Å². The highest BCUT2D eigenvalue weighted by atomic mass is 16.6. The smallest absolute Gasteiger partial charge is 0.303 e. The van der Waals surface area contributed by atoms with Gasteiger partial charge in [-0.15, -0.1) is 0 Å². The molecule has 1 saturated heterocycles. The van der Waals surface area contributed by atoms with Crippen molar-refractivity contribution in [3.05, 3.63) is 0 Å². The second-order valence-electron chi connectivity index (χ2n) is 5.56. The van der Waals surface area contributed by atoms with Crippen LogP contribution in [0, 0.1) is 0 Å². The molecule has 0 aromatic heterocycles. The normalized spacial score (nSPS) is 27.6. The Morgan fingerprint density at radius 1 is 0.962 bits per heavy atom. The number of amides is 2. The van der Waals surface area contributed by atoms with Crippen LogP contribution in [0.25, 0.3) is 0 Å². The maximum absolute atomic E-state index is 11.5. The monoisotopic (exact) mass is 374 g/mol. The first-order valence-electron chi connectivity index (χ1n) is 7.75. The van der Waals surface area contributed by atoms with Crippen LogP contribution in [0.1, 0.15) is 27.7 Å². The van der Waals surface area contributed by atoms with E-state index in [2.05, 4.69) is 10.6 Å². The van der Waals surface area contributed by atoms with Crippen LogP contribution in [-0.4, -0.2) is 67.4 Å². The van der Waals surface area contributed by atoms with Gasteiger partial charge < -0.3 is 29.6 Å². The van der Waals surface area contributed by atoms with E-state index < -0.39 is 54.4 Å². The van der Waals surface area contributed by atoms with Gasteiger partial charge in [0.25, 0.3) is 0 Å². The zero-order chi connectivity index (χ0) is 19.9. The zero-order valence-electron chi connectivity index (χ0n) is 14.8. The Bertz CT molecular complexity index is 565. The van der Waals surface area contributed by atoms with Crippen molar-refractivity contribution in [1.82, 2.24) is 10.6 Å². The lowest BCUT2D eigenvalue weighted by Gasteiger charge is -2.44. The average molecular weight is 374 g/mol. The quantitative estimate of drug-likeness (QED) is 0.305. The predicted octanol–water partition coefficient (Wildman–Crippen LogP) is -1.61. The predicted molar refractivity (Wildman–Crippen MR) is 83.2 cm³/mol. The van der Waals surface area contributed by atoms with Crippen LogP contribution in [0.4, 0.5) is 0 Å². The number of carbonyl (C=O) groups excluding carboxylic acids is 5. The summed E-state index contributed by atoms with van der Waals surface area (Å²) < 4.78 is 20.9. The Labute approximate surface area is 149 Å². The fourth-order valence-corrected chi connectivity index (χ4v) is 2.54. The van der Waals surface area contributed by atoms with E-state index in [1.807, 2.05) is 0 Å². The number of ether oxygens (including phenoxy) is 4. The molecule has 0 spiro atoms. The van der Waals surface area contributed by atoms with Crippen LogP contribution in [0.3, 0.4) is 0 Å². The van der Waals surface area contributed by atoms with Crippen molar-refractivity contribution in [2.24, 2.45) is 0 Å². The lowest BCUT2D eigenvalue weighted by molar-refractivity contribution is -0.227. The van der Waals surface area contributed by atoms with Gasteiger partial charge in [-0.3, -0.25) is 24.0 Å². The summed E-state index contributed by atoms with van der Waals surface area (Å²) in [6, 6.07) is -1.04. The topological polar surface area (TPSA) is 146 Å². The molecule has 0 unspecified atom stereocenters. The van der Waals surface area contributed by atoms with Crippen molar-refractivity contribution in [3.63, 3.8) is 0 Å². The first-order valence-corrected chi connectivity index (χ1v) is 7.75. The molecule has 2 N–H and O–H groups in total. The lowest BCUT2D eigenvalue weighted by atomic mass is 9.95. The molecular weight excluding hydrogens is 352 g/mol. The molecule has 0 aromatic carbocycles. The second-order valence-corrected chi connectivity index (χ2v) is 5.56. The molecule has 0 aliphatic carbocycles. The van der Waals surface area contributed by atoms with Crippen molar-refractivity contribution in [2.75, 3.05) is 6.61 Å². The first-order chi connectivity index (χ1) is 12.1. The van der Waals surface area contributed by atoms with Crippen molar-refractivity contribution in [2.45, 2.75) is 58.3 Å². The summed E-state index contributed by atoms with van der Waals surface area (Å²) in [5.74, 6) is -2.51. The molecule has 146 valence electrons. The third-order valence-corrected chi connectivity index (χ3v) is 3.35. The van der Waals surface area contributed by atoms with Crippen LogP contribution in [0.2, 0.25) is 0 Å². The van der Waals surface area contributed by atoms with Gasteiger partial charge in [-0.05, 0) is 0 Å². The SMILES string of the molecule is CC(=O)N[C@@H]1[C@@H](OC(C)=O)[C@H](OC(C)=O)[C@@H](COC(C)=O)O[C@H]1NC=O. The summed E-state index contributed by atoms with van der Waals surface area (Å²) in [7, 11) is 0. The largest absolute Gasteiger partial charge is 0.463 e. The lowest BCUT2D eigenvalue weighted by Crippen LogP contribution is -2.69. The molecule has 11 nitrogen and oxygen atoms in total. The van der Waals surface area contributed by atoms with Gasteiger partial charge in [0.1, 0.15) is 18.8 Å². The Balaban J connectivity index is 3.24. The number of hydrogen-bond donors (Lipinski definition) is 2. The molecule has 0 aromatic rings. The van der Waals surface area contributed by atoms with Gasteiger partial charge in [0.15, 0.2) is 18.4 Å². The van der Waals surface area contributed by atoms with E-state index in [0.717, 1.165) is 13.8 Å². The van der Waals surface area contributed by atoms with Crippen molar-refractivity contribution in [1.29, 1.82) is 0 Å². The van der Waals surface area contributed by atoms with Crippen LogP contribution in [0.5, 0.6) is 0 Å². The zero-order valence-corrected chi connectivity index (χ0v) is 14.8. The summed E-state index contributed by atoms with van der Waals surface area (Å²) in [6.07, 6.45) is -4.20. The fraction of sp³-hybridized carbons (Fsp3) is 0.667. The van der Waals surface area contributed by atoms with E-state index in [-0.39, 0.29) is 6.61 Å². The minimum atomic E-state index is -1.19. The number of rotatable bonds is 7. The highest BCUT2D eigenvalue weighted by Crippen LogP contribution is 2.26. The summed E-state index contributed by atoms with van der Waals surface area (Å²) in [6.45, 7) is 4.34. The summed E-state index contributed by atoms with van der Waals surface area (Å²) in [4.78, 5) is 56.5. The number of esters is 3. The van der Waals surface area contributed by atoms with Crippen LogP contribution >= 0.6 is 0 Å². The average Bonchev–Trinajstić information content (AvgIpc) is 2.50. The van der Waals surface area contributed by atoms with Gasteiger partial charge in [0.05, 0.1) is 0 Å². The summed E-state index contributed by atoms with van der Waals surface area (Å²) in [5, 5.41) is 4.84. The molecule has 1 heterocycles. The molecule has 26 heavy (non-hydrogen) atoms. The molecule has 1 rings (SSSR count). The number of carbonyl (C=O) groups is 5. The van der Waals surface area contributed by atoms with E-state index in [1.54, 1.807) is 0 Å². The van der Waals surface area contributed by atoms with Crippen LogP contribution in [-0.2, 0) is 42.9 Å². The molecule has 1 aliphatic rings. The minimum Gasteiger partial charge on any atom is -0.463 e. The van der Waals surface area contributed by atoms with E-state index >= 15 is 0 Å². The van der Waals surface area contributed by atoms with Crippen LogP contribution < -0.4 is 10.6 Å². The molecule has 0 saturated carbocycles. The summed E-state index contributed by atoms with van der Waals surface area (Å²) in [5.41, 5.74) is 0. The number of nitrogens with one attached hydrogen (secondary N) is 2. The van der Waals surface area contributed by atoms with Gasteiger partial charge in [-0.25, -0.2) is 0 Å². The van der Waals surface area contributed by atoms with Crippen molar-refractivity contribution >= 4 is 30.2 Å². The maximum atomic E-state index is 11.5. The number of hydrogen-bond acceptors (Lipinski definition) is 9. The Morgan fingerprint density at radius 3 is 2.00 bits per heavy atom. The van der Waals surface area contributed by atoms with Gasteiger partial charge in [0, 0.05) is 27.7 Å². The Hall–Kier alpha value is -2.69. The second kappa shape index (κ2) is 9.70. The molecule has 0 bridgehead atoms. The van der Waals surface area contributed by atoms with E-state index in [1.165, 1.54) is 13.8 Å². The molecule has 5 atom stereocenters. The van der Waals surface area contributed by atoms with E-state index in [9.17, 15) is 24.0 Å². The third-order valence-electron chi connectivity index (χ3n) is 3.35. The molecule has 1 fully saturated rings. The Kier molecular flexibility index (Phi) is 7.97. The molecule has 1 aliphatic heterocycles. The first kappa shape index (κ1) is 21.4. The van der Waals surface area contributed by atoms with Gasteiger partial charge in [-0.2, -0.15) is 0 Å². The van der Waals surface area contributed by atoms with Gasteiger partial charge in [0.2, 0.25) is 12.3 Å². The minimum absolute atomic E-state index is 0.325. The standard InChI is InChI=1S/C15H22N2O9/c1-7(19)17-12-14(25-10(4)22)13(24-9(3)21)11(5-23-8(2)20)26-15(12)16-6-18/h6,11-15H,5H2,1-4H3,(H,16,18)(H,17,19)/t11-,12-,13-,14-,15-/m1/s1. The van der Waals surface area contributed by atoms with Crippen LogP contribution in [0.15, 0.2) is 0 Å². The van der Waals surface area contributed by atoms with E-state index in [0.29, 0.717) is 6.41 Å². The Morgan fingerprint density at radius 2 is 1.54 bits per heavy atom. The molecule has 11 heteroatoms. The summed E-state index contributed by atoms with van der Waals surface area (Å²) >= 11 is 0. The van der Waals surface area contributed by atoms with Crippen molar-refractivity contribution in [3.8, 4) is 0 Å². The fourth-order valence-electron chi connectivity index (χ4n) is 2.54. The highest BCUT2D eigenvalue weighted by molar-refractivity contribution is 5.74. The molecule has 2 amide bonds. The third kappa shape index (κ3) is 6.31. The highest BCUT2D eigenvalue weighted by Gasteiger charge is 2.50. The van der Waals surface area contributed by atoms with E-state index in [4.69, 9.17) is 18.9 Å². The molecule has 0 radical (unpaired) electrons. The maximum Gasteiger partial charge on any atom is 0.303 e. The molecular formula is C15H22N2O9.